The molecule has 0 aliphatic carbocycles. The first kappa shape index (κ1) is 15.3. The molecule has 0 radical (unpaired) electrons. The summed E-state index contributed by atoms with van der Waals surface area (Å²) >= 11 is 5.99. The summed E-state index contributed by atoms with van der Waals surface area (Å²) in [5.41, 5.74) is 7.47. The number of likely N-dealkylation sites (tertiary alicyclic amines) is 1. The van der Waals surface area contributed by atoms with Crippen molar-refractivity contribution in [3.63, 3.8) is 0 Å². The van der Waals surface area contributed by atoms with Gasteiger partial charge in [-0.1, -0.05) is 23.7 Å². The predicted molar refractivity (Wildman–Crippen MR) is 83.3 cm³/mol. The van der Waals surface area contributed by atoms with E-state index in [1.807, 2.05) is 12.1 Å². The minimum atomic E-state index is -0.334. The van der Waals surface area contributed by atoms with Gasteiger partial charge in [0.15, 0.2) is 5.79 Å². The molecule has 0 bridgehead atoms. The molecular formula is C16H23ClN2O2. The lowest BCUT2D eigenvalue weighted by Gasteiger charge is -2.42. The van der Waals surface area contributed by atoms with Gasteiger partial charge in [-0.25, -0.2) is 0 Å². The Bertz CT molecular complexity index is 462. The van der Waals surface area contributed by atoms with Crippen molar-refractivity contribution >= 4 is 11.6 Å². The van der Waals surface area contributed by atoms with Crippen LogP contribution in [0.5, 0.6) is 0 Å². The van der Waals surface area contributed by atoms with E-state index in [4.69, 9.17) is 26.8 Å². The molecule has 2 atom stereocenters. The third-order valence-electron chi connectivity index (χ3n) is 4.48. The van der Waals surface area contributed by atoms with Crippen LogP contribution < -0.4 is 5.73 Å². The molecule has 2 heterocycles. The molecule has 0 saturated carbocycles. The van der Waals surface area contributed by atoms with Gasteiger partial charge in [-0.2, -0.15) is 0 Å². The van der Waals surface area contributed by atoms with Gasteiger partial charge in [-0.3, -0.25) is 4.90 Å². The molecule has 1 spiro atoms. The minimum Gasteiger partial charge on any atom is -0.347 e. The Hall–Kier alpha value is -0.650. The fraction of sp³-hybridized carbons (Fsp3) is 0.625. The van der Waals surface area contributed by atoms with Gasteiger partial charge in [0.05, 0.1) is 13.2 Å². The summed E-state index contributed by atoms with van der Waals surface area (Å²) in [6.45, 7) is 5.37. The van der Waals surface area contributed by atoms with Crippen LogP contribution in [0.15, 0.2) is 24.3 Å². The van der Waals surface area contributed by atoms with Gasteiger partial charge < -0.3 is 15.2 Å². The highest BCUT2D eigenvalue weighted by atomic mass is 35.5. The first-order valence-electron chi connectivity index (χ1n) is 7.63. The smallest absolute Gasteiger partial charge is 0.170 e. The molecule has 5 heteroatoms. The van der Waals surface area contributed by atoms with Crippen molar-refractivity contribution in [3.8, 4) is 0 Å². The van der Waals surface area contributed by atoms with E-state index in [0.717, 1.165) is 31.0 Å². The van der Waals surface area contributed by atoms with Crippen molar-refractivity contribution in [1.82, 2.24) is 4.90 Å². The van der Waals surface area contributed by atoms with Crippen molar-refractivity contribution in [2.45, 2.75) is 37.6 Å². The molecular weight excluding hydrogens is 288 g/mol. The number of halogens is 1. The molecule has 1 aromatic carbocycles. The maximum Gasteiger partial charge on any atom is 0.170 e. The molecule has 4 nitrogen and oxygen atoms in total. The Balaban J connectivity index is 1.72. The van der Waals surface area contributed by atoms with E-state index in [9.17, 15) is 0 Å². The zero-order chi connectivity index (χ0) is 14.9. The van der Waals surface area contributed by atoms with Crippen LogP contribution in [0.1, 0.15) is 31.4 Å². The molecule has 2 aliphatic heterocycles. The molecule has 21 heavy (non-hydrogen) atoms. The summed E-state index contributed by atoms with van der Waals surface area (Å²) in [7, 11) is 0. The van der Waals surface area contributed by atoms with Gasteiger partial charge in [0, 0.05) is 43.0 Å². The Morgan fingerprint density at radius 3 is 2.24 bits per heavy atom. The van der Waals surface area contributed by atoms with E-state index < -0.39 is 0 Å². The average Bonchev–Trinajstić information content (AvgIpc) is 2.92. The van der Waals surface area contributed by atoms with Crippen molar-refractivity contribution < 1.29 is 9.47 Å². The van der Waals surface area contributed by atoms with Crippen LogP contribution in [-0.2, 0) is 9.47 Å². The highest BCUT2D eigenvalue weighted by molar-refractivity contribution is 6.30. The Labute approximate surface area is 131 Å². The fourth-order valence-corrected chi connectivity index (χ4v) is 3.56. The van der Waals surface area contributed by atoms with Crippen molar-refractivity contribution in [3.05, 3.63) is 34.9 Å². The zero-order valence-corrected chi connectivity index (χ0v) is 13.2. The van der Waals surface area contributed by atoms with Crippen LogP contribution in [0.25, 0.3) is 0 Å². The summed E-state index contributed by atoms with van der Waals surface area (Å²) in [5, 5.41) is 0.757. The van der Waals surface area contributed by atoms with Gasteiger partial charge in [-0.05, 0) is 24.6 Å². The molecule has 2 unspecified atom stereocenters. The average molecular weight is 311 g/mol. The number of ether oxygens (including phenoxy) is 2. The molecule has 2 fully saturated rings. The largest absolute Gasteiger partial charge is 0.347 e. The maximum absolute atomic E-state index is 6.25. The van der Waals surface area contributed by atoms with Crippen LogP contribution in [0.2, 0.25) is 5.02 Å². The zero-order valence-electron chi connectivity index (χ0n) is 12.4. The summed E-state index contributed by atoms with van der Waals surface area (Å²) in [6, 6.07) is 8.28. The van der Waals surface area contributed by atoms with E-state index in [0.29, 0.717) is 13.2 Å². The first-order chi connectivity index (χ1) is 10.1. The van der Waals surface area contributed by atoms with Crippen LogP contribution >= 0.6 is 11.6 Å². The van der Waals surface area contributed by atoms with E-state index >= 15 is 0 Å². The third kappa shape index (κ3) is 3.25. The quantitative estimate of drug-likeness (QED) is 0.932. The monoisotopic (exact) mass is 310 g/mol. The van der Waals surface area contributed by atoms with Crippen LogP contribution in [0.3, 0.4) is 0 Å². The van der Waals surface area contributed by atoms with Crippen molar-refractivity contribution in [2.24, 2.45) is 5.73 Å². The lowest BCUT2D eigenvalue weighted by atomic mass is 9.95. The minimum absolute atomic E-state index is 0.0608. The van der Waals surface area contributed by atoms with Gasteiger partial charge in [0.1, 0.15) is 0 Å². The molecule has 116 valence electrons. The Kier molecular flexibility index (Phi) is 4.52. The standard InChI is InChI=1S/C16H23ClN2O2/c1-12(18)15(13-2-4-14(17)5-3-13)19-8-6-16(7-9-19)20-10-11-21-16/h2-5,12,15H,6-11,18H2,1H3. The lowest BCUT2D eigenvalue weighted by molar-refractivity contribution is -0.188. The van der Waals surface area contributed by atoms with Crippen molar-refractivity contribution in [2.75, 3.05) is 26.3 Å². The molecule has 3 rings (SSSR count). The number of hydrogen-bond donors (Lipinski definition) is 1. The van der Waals surface area contributed by atoms with Gasteiger partial charge in [-0.15, -0.1) is 0 Å². The number of piperidine rings is 1. The number of rotatable bonds is 3. The summed E-state index contributed by atoms with van der Waals surface area (Å²) in [6.07, 6.45) is 1.81. The number of benzene rings is 1. The van der Waals surface area contributed by atoms with Crippen molar-refractivity contribution in [1.29, 1.82) is 0 Å². The van der Waals surface area contributed by atoms with Crippen LogP contribution in [0.4, 0.5) is 0 Å². The predicted octanol–water partition coefficient (Wildman–Crippen LogP) is 2.57. The summed E-state index contributed by atoms with van der Waals surface area (Å²) < 4.78 is 11.6. The number of nitrogens with zero attached hydrogens (tertiary/aromatic N) is 1. The second-order valence-corrected chi connectivity index (χ2v) is 6.44. The van der Waals surface area contributed by atoms with E-state index in [2.05, 4.69) is 24.0 Å². The second-order valence-electron chi connectivity index (χ2n) is 6.00. The van der Waals surface area contributed by atoms with Crippen LogP contribution in [0, 0.1) is 0 Å². The number of hydrogen-bond acceptors (Lipinski definition) is 4. The Morgan fingerprint density at radius 2 is 1.71 bits per heavy atom. The lowest BCUT2D eigenvalue weighted by Crippen LogP contribution is -2.49. The molecule has 1 aromatic rings. The number of nitrogens with two attached hydrogens (primary N) is 1. The maximum atomic E-state index is 6.25. The van der Waals surface area contributed by atoms with Gasteiger partial charge in [0.2, 0.25) is 0 Å². The molecule has 2 N–H and O–H groups in total. The SMILES string of the molecule is CC(N)C(c1ccc(Cl)cc1)N1CCC2(CC1)OCCO2. The third-order valence-corrected chi connectivity index (χ3v) is 4.73. The van der Waals surface area contributed by atoms with E-state index in [1.54, 1.807) is 0 Å². The fourth-order valence-electron chi connectivity index (χ4n) is 3.44. The van der Waals surface area contributed by atoms with Gasteiger partial charge in [0.25, 0.3) is 0 Å². The summed E-state index contributed by atoms with van der Waals surface area (Å²) in [5.74, 6) is -0.334. The highest BCUT2D eigenvalue weighted by Gasteiger charge is 2.41. The molecule has 0 aromatic heterocycles. The van der Waals surface area contributed by atoms with Gasteiger partial charge >= 0.3 is 0 Å². The van der Waals surface area contributed by atoms with E-state index in [-0.39, 0.29) is 17.9 Å². The van der Waals surface area contributed by atoms with Crippen LogP contribution in [-0.4, -0.2) is 43.0 Å². The first-order valence-corrected chi connectivity index (χ1v) is 8.00. The second kappa shape index (κ2) is 6.23. The molecule has 2 saturated heterocycles. The topological polar surface area (TPSA) is 47.7 Å². The highest BCUT2D eigenvalue weighted by Crippen LogP contribution is 2.35. The molecule has 2 aliphatic rings. The summed E-state index contributed by atoms with van der Waals surface area (Å²) in [4.78, 5) is 2.43. The normalized spacial score (nSPS) is 25.1. The Morgan fingerprint density at radius 1 is 1.14 bits per heavy atom. The molecule has 0 amide bonds. The van der Waals surface area contributed by atoms with E-state index in [1.165, 1.54) is 5.56 Å².